The lowest BCUT2D eigenvalue weighted by Crippen LogP contribution is -2.24. The molecule has 0 aliphatic carbocycles. The number of esters is 1. The van der Waals surface area contributed by atoms with Crippen LogP contribution in [0, 0.1) is 11.3 Å². The number of nitrogens with zero attached hydrogens (tertiary/aromatic N) is 2. The molecule has 0 fully saturated rings. The number of oxime groups is 1. The van der Waals surface area contributed by atoms with Crippen LogP contribution >= 0.6 is 0 Å². The van der Waals surface area contributed by atoms with E-state index in [4.69, 9.17) is 10.00 Å². The number of nitriles is 1. The Labute approximate surface area is 98.9 Å². The van der Waals surface area contributed by atoms with Gasteiger partial charge in [0.05, 0.1) is 6.61 Å². The van der Waals surface area contributed by atoms with Crippen LogP contribution in [0.15, 0.2) is 5.16 Å². The standard InChI is InChI=1S/C10H14N2O5/c1-5-15-8(13)7(6-11)12-17-9(14)16-10(2,3)4/h5H2,1-4H3/b12-7-. The van der Waals surface area contributed by atoms with Crippen molar-refractivity contribution in [1.29, 1.82) is 5.26 Å². The summed E-state index contributed by atoms with van der Waals surface area (Å²) in [5.74, 6) is -0.960. The molecule has 0 heterocycles. The van der Waals surface area contributed by atoms with Gasteiger partial charge in [-0.15, -0.1) is 0 Å². The molecular weight excluding hydrogens is 228 g/mol. The van der Waals surface area contributed by atoms with Gasteiger partial charge in [-0.1, -0.05) is 5.16 Å². The Balaban J connectivity index is 4.44. The summed E-state index contributed by atoms with van der Waals surface area (Å²) in [5.41, 5.74) is -1.40. The highest BCUT2D eigenvalue weighted by atomic mass is 16.8. The third-order valence-electron chi connectivity index (χ3n) is 1.18. The van der Waals surface area contributed by atoms with Crippen LogP contribution < -0.4 is 0 Å². The van der Waals surface area contributed by atoms with Gasteiger partial charge in [-0.05, 0) is 27.7 Å². The number of carbonyl (C=O) groups is 2. The average molecular weight is 242 g/mol. The maximum atomic E-state index is 11.1. The molecule has 7 nitrogen and oxygen atoms in total. The Bertz CT molecular complexity index is 362. The molecule has 0 atom stereocenters. The van der Waals surface area contributed by atoms with E-state index in [0.29, 0.717) is 0 Å². The van der Waals surface area contributed by atoms with Gasteiger partial charge < -0.3 is 9.47 Å². The molecule has 0 saturated carbocycles. The predicted octanol–water partition coefficient (Wildman–Crippen LogP) is 1.38. The Morgan fingerprint density at radius 1 is 1.35 bits per heavy atom. The van der Waals surface area contributed by atoms with Crippen molar-refractivity contribution in [2.75, 3.05) is 6.61 Å². The fraction of sp³-hybridized carbons (Fsp3) is 0.600. The van der Waals surface area contributed by atoms with Gasteiger partial charge >= 0.3 is 12.1 Å². The molecule has 0 saturated heterocycles. The summed E-state index contributed by atoms with van der Waals surface area (Å²) in [6.07, 6.45) is -1.10. The van der Waals surface area contributed by atoms with Gasteiger partial charge in [0.2, 0.25) is 0 Å². The fourth-order valence-corrected chi connectivity index (χ4v) is 0.654. The van der Waals surface area contributed by atoms with Gasteiger partial charge in [0.15, 0.2) is 0 Å². The summed E-state index contributed by atoms with van der Waals surface area (Å²) in [7, 11) is 0. The molecule has 0 aromatic heterocycles. The Morgan fingerprint density at radius 3 is 2.35 bits per heavy atom. The molecule has 0 amide bonds. The lowest BCUT2D eigenvalue weighted by molar-refractivity contribution is -0.135. The zero-order chi connectivity index (χ0) is 13.5. The van der Waals surface area contributed by atoms with Crippen LogP contribution in [0.4, 0.5) is 4.79 Å². The Morgan fingerprint density at radius 2 is 1.94 bits per heavy atom. The smallest absolute Gasteiger partial charge is 0.461 e. The first-order valence-corrected chi connectivity index (χ1v) is 4.85. The van der Waals surface area contributed by atoms with Crippen LogP contribution in [-0.4, -0.2) is 30.0 Å². The van der Waals surface area contributed by atoms with Crippen LogP contribution in [0.1, 0.15) is 27.7 Å². The number of rotatable bonds is 3. The molecule has 0 aliphatic heterocycles. The monoisotopic (exact) mass is 242 g/mol. The molecule has 0 unspecified atom stereocenters. The summed E-state index contributed by atoms with van der Waals surface area (Å²) in [5, 5.41) is 11.6. The molecule has 0 N–H and O–H groups in total. The van der Waals surface area contributed by atoms with E-state index in [1.807, 2.05) is 0 Å². The van der Waals surface area contributed by atoms with Gasteiger partial charge in [0.1, 0.15) is 11.7 Å². The third kappa shape index (κ3) is 6.89. The minimum Gasteiger partial charge on any atom is -0.461 e. The second kappa shape index (κ2) is 6.48. The van der Waals surface area contributed by atoms with Gasteiger partial charge in [-0.2, -0.15) is 5.26 Å². The highest BCUT2D eigenvalue weighted by Crippen LogP contribution is 2.08. The SMILES string of the molecule is CCOC(=O)/C(C#N)=N\OC(=O)OC(C)(C)C. The van der Waals surface area contributed by atoms with E-state index >= 15 is 0 Å². The van der Waals surface area contributed by atoms with Crippen molar-refractivity contribution in [3.8, 4) is 6.07 Å². The van der Waals surface area contributed by atoms with Crippen LogP contribution in [0.2, 0.25) is 0 Å². The van der Waals surface area contributed by atoms with Gasteiger partial charge in [-0.3, -0.25) is 4.84 Å². The molecule has 0 spiro atoms. The summed E-state index contributed by atoms with van der Waals surface area (Å²) in [6.45, 7) is 6.56. The second-order valence-corrected chi connectivity index (χ2v) is 3.83. The molecule has 0 rings (SSSR count). The highest BCUT2D eigenvalue weighted by molar-refractivity contribution is 6.42. The lowest BCUT2D eigenvalue weighted by Gasteiger charge is -2.17. The van der Waals surface area contributed by atoms with Gasteiger partial charge in [-0.25, -0.2) is 9.59 Å². The maximum absolute atomic E-state index is 11.1. The molecule has 0 bridgehead atoms. The van der Waals surface area contributed by atoms with Gasteiger partial charge in [0, 0.05) is 0 Å². The van der Waals surface area contributed by atoms with Crippen molar-refractivity contribution in [2.45, 2.75) is 33.3 Å². The quantitative estimate of drug-likeness (QED) is 0.321. The molecule has 0 aliphatic rings. The first kappa shape index (κ1) is 14.9. The third-order valence-corrected chi connectivity index (χ3v) is 1.18. The van der Waals surface area contributed by atoms with E-state index < -0.39 is 23.4 Å². The summed E-state index contributed by atoms with van der Waals surface area (Å²) < 4.78 is 9.25. The zero-order valence-electron chi connectivity index (χ0n) is 10.1. The van der Waals surface area contributed by atoms with E-state index in [0.717, 1.165) is 0 Å². The van der Waals surface area contributed by atoms with Crippen LogP contribution in [0.3, 0.4) is 0 Å². The molecule has 17 heavy (non-hydrogen) atoms. The number of hydrogen-bond donors (Lipinski definition) is 0. The fourth-order valence-electron chi connectivity index (χ4n) is 0.654. The number of hydrogen-bond acceptors (Lipinski definition) is 7. The van der Waals surface area contributed by atoms with E-state index in [9.17, 15) is 9.59 Å². The Hall–Kier alpha value is -2.10. The highest BCUT2D eigenvalue weighted by Gasteiger charge is 2.19. The van der Waals surface area contributed by atoms with Crippen molar-refractivity contribution < 1.29 is 23.9 Å². The second-order valence-electron chi connectivity index (χ2n) is 3.83. The van der Waals surface area contributed by atoms with E-state index in [-0.39, 0.29) is 6.61 Å². The first-order valence-electron chi connectivity index (χ1n) is 4.85. The molecule has 0 aromatic rings. The summed E-state index contributed by atoms with van der Waals surface area (Å²) >= 11 is 0. The minimum atomic E-state index is -1.10. The van der Waals surface area contributed by atoms with Crippen LogP contribution in [-0.2, 0) is 19.1 Å². The van der Waals surface area contributed by atoms with Crippen molar-refractivity contribution in [2.24, 2.45) is 5.16 Å². The first-order chi connectivity index (χ1) is 7.80. The summed E-state index contributed by atoms with van der Waals surface area (Å²) in [6, 6.07) is 1.45. The normalized spacial score (nSPS) is 11.4. The number of ether oxygens (including phenoxy) is 2. The molecular formula is C10H14N2O5. The average Bonchev–Trinajstić information content (AvgIpc) is 2.16. The largest absolute Gasteiger partial charge is 0.535 e. The summed E-state index contributed by atoms with van der Waals surface area (Å²) in [4.78, 5) is 26.4. The van der Waals surface area contributed by atoms with Crippen molar-refractivity contribution in [1.82, 2.24) is 0 Å². The number of carbonyl (C=O) groups excluding carboxylic acids is 2. The topological polar surface area (TPSA) is 98.0 Å². The molecule has 94 valence electrons. The van der Waals surface area contributed by atoms with Gasteiger partial charge in [0.25, 0.3) is 5.71 Å². The lowest BCUT2D eigenvalue weighted by atomic mass is 10.2. The van der Waals surface area contributed by atoms with E-state index in [1.165, 1.54) is 6.07 Å². The molecule has 0 aromatic carbocycles. The van der Waals surface area contributed by atoms with Crippen LogP contribution in [0.5, 0.6) is 0 Å². The maximum Gasteiger partial charge on any atom is 0.535 e. The minimum absolute atomic E-state index is 0.0893. The zero-order valence-corrected chi connectivity index (χ0v) is 10.1. The van der Waals surface area contributed by atoms with Crippen molar-refractivity contribution in [3.05, 3.63) is 0 Å². The van der Waals surface area contributed by atoms with Crippen LogP contribution in [0.25, 0.3) is 0 Å². The van der Waals surface area contributed by atoms with Crippen molar-refractivity contribution in [3.63, 3.8) is 0 Å². The van der Waals surface area contributed by atoms with E-state index in [2.05, 4.69) is 14.7 Å². The predicted molar refractivity (Wildman–Crippen MR) is 57.0 cm³/mol. The Kier molecular flexibility index (Phi) is 5.68. The molecule has 7 heteroatoms. The molecule has 0 radical (unpaired) electrons. The van der Waals surface area contributed by atoms with E-state index in [1.54, 1.807) is 27.7 Å². The van der Waals surface area contributed by atoms with Crippen molar-refractivity contribution >= 4 is 17.8 Å².